The Labute approximate surface area is 111 Å². The molecular formula is C15H26N2O. The van der Waals surface area contributed by atoms with Gasteiger partial charge in [-0.05, 0) is 64.0 Å². The van der Waals surface area contributed by atoms with Crippen molar-refractivity contribution < 1.29 is 4.74 Å². The van der Waals surface area contributed by atoms with Crippen molar-refractivity contribution in [2.75, 3.05) is 27.2 Å². The number of methoxy groups -OCH3 is 1. The van der Waals surface area contributed by atoms with Crippen LogP contribution in [-0.4, -0.2) is 38.2 Å². The van der Waals surface area contributed by atoms with Gasteiger partial charge in [0.2, 0.25) is 0 Å². The van der Waals surface area contributed by atoms with Gasteiger partial charge in [0.25, 0.3) is 0 Å². The SMILES string of the molecule is COc1ccc(CCC(C)N(C)CCCN)cc1. The maximum Gasteiger partial charge on any atom is 0.118 e. The molecule has 0 spiro atoms. The molecule has 0 fully saturated rings. The Morgan fingerprint density at radius 3 is 2.50 bits per heavy atom. The van der Waals surface area contributed by atoms with E-state index in [1.165, 1.54) is 12.0 Å². The molecule has 0 heterocycles. The highest BCUT2D eigenvalue weighted by Crippen LogP contribution is 2.14. The molecule has 1 aromatic carbocycles. The molecule has 0 radical (unpaired) electrons. The van der Waals surface area contributed by atoms with Gasteiger partial charge in [-0.2, -0.15) is 0 Å². The third kappa shape index (κ3) is 5.07. The molecule has 1 aromatic rings. The summed E-state index contributed by atoms with van der Waals surface area (Å²) in [5.74, 6) is 0.923. The largest absolute Gasteiger partial charge is 0.497 e. The van der Waals surface area contributed by atoms with E-state index in [0.29, 0.717) is 6.04 Å². The molecule has 2 N–H and O–H groups in total. The molecule has 3 heteroatoms. The fourth-order valence-corrected chi connectivity index (χ4v) is 1.95. The predicted molar refractivity (Wildman–Crippen MR) is 77.1 cm³/mol. The summed E-state index contributed by atoms with van der Waals surface area (Å²) >= 11 is 0. The number of nitrogens with zero attached hydrogens (tertiary/aromatic N) is 1. The molecule has 0 aliphatic carbocycles. The molecule has 18 heavy (non-hydrogen) atoms. The Hall–Kier alpha value is -1.06. The Morgan fingerprint density at radius 1 is 1.28 bits per heavy atom. The van der Waals surface area contributed by atoms with Crippen LogP contribution in [0.1, 0.15) is 25.3 Å². The van der Waals surface area contributed by atoms with Crippen molar-refractivity contribution in [1.29, 1.82) is 0 Å². The highest BCUT2D eigenvalue weighted by Gasteiger charge is 2.08. The molecule has 0 bridgehead atoms. The zero-order chi connectivity index (χ0) is 13.4. The van der Waals surface area contributed by atoms with Crippen LogP contribution in [0.2, 0.25) is 0 Å². The number of rotatable bonds is 8. The van der Waals surface area contributed by atoms with Crippen molar-refractivity contribution in [3.05, 3.63) is 29.8 Å². The van der Waals surface area contributed by atoms with Crippen molar-refractivity contribution in [1.82, 2.24) is 4.90 Å². The summed E-state index contributed by atoms with van der Waals surface area (Å²) in [5, 5.41) is 0. The molecular weight excluding hydrogens is 224 g/mol. The van der Waals surface area contributed by atoms with Crippen LogP contribution in [0.25, 0.3) is 0 Å². The number of ether oxygens (including phenoxy) is 1. The van der Waals surface area contributed by atoms with E-state index in [1.807, 2.05) is 12.1 Å². The molecule has 3 nitrogen and oxygen atoms in total. The summed E-state index contributed by atoms with van der Waals surface area (Å²) in [7, 11) is 3.87. The number of benzene rings is 1. The van der Waals surface area contributed by atoms with Crippen LogP contribution >= 0.6 is 0 Å². The number of nitrogens with two attached hydrogens (primary N) is 1. The van der Waals surface area contributed by atoms with Crippen LogP contribution < -0.4 is 10.5 Å². The molecule has 0 aliphatic heterocycles. The average molecular weight is 250 g/mol. The van der Waals surface area contributed by atoms with Gasteiger partial charge in [-0.25, -0.2) is 0 Å². The quantitative estimate of drug-likeness (QED) is 0.769. The first-order valence-electron chi connectivity index (χ1n) is 6.70. The first kappa shape index (κ1) is 15.0. The van der Waals surface area contributed by atoms with E-state index in [1.54, 1.807) is 7.11 Å². The predicted octanol–water partition coefficient (Wildman–Crippen LogP) is 2.30. The van der Waals surface area contributed by atoms with Crippen LogP contribution in [0.4, 0.5) is 0 Å². The second-order valence-electron chi connectivity index (χ2n) is 4.86. The van der Waals surface area contributed by atoms with Crippen LogP contribution in [0.3, 0.4) is 0 Å². The summed E-state index contributed by atoms with van der Waals surface area (Å²) in [5.41, 5.74) is 6.90. The van der Waals surface area contributed by atoms with Crippen molar-refractivity contribution in [3.8, 4) is 5.75 Å². The van der Waals surface area contributed by atoms with Crippen LogP contribution in [0.15, 0.2) is 24.3 Å². The maximum atomic E-state index is 5.53. The van der Waals surface area contributed by atoms with Gasteiger partial charge in [-0.15, -0.1) is 0 Å². The van der Waals surface area contributed by atoms with Crippen molar-refractivity contribution in [2.24, 2.45) is 5.73 Å². The third-order valence-corrected chi connectivity index (χ3v) is 3.48. The molecule has 102 valence electrons. The minimum atomic E-state index is 0.596. The van der Waals surface area contributed by atoms with Crippen molar-refractivity contribution >= 4 is 0 Å². The summed E-state index contributed by atoms with van der Waals surface area (Å²) < 4.78 is 5.16. The monoisotopic (exact) mass is 250 g/mol. The van der Waals surface area contributed by atoms with Gasteiger partial charge >= 0.3 is 0 Å². The Bertz CT molecular complexity index is 324. The van der Waals surface area contributed by atoms with Crippen LogP contribution in [0, 0.1) is 0 Å². The summed E-state index contributed by atoms with van der Waals surface area (Å²) in [4.78, 5) is 2.39. The van der Waals surface area contributed by atoms with Gasteiger partial charge in [0.1, 0.15) is 5.75 Å². The summed E-state index contributed by atoms with van der Waals surface area (Å²) in [6.45, 7) is 4.13. The Morgan fingerprint density at radius 2 is 1.94 bits per heavy atom. The van der Waals surface area contributed by atoms with Gasteiger partial charge in [-0.1, -0.05) is 12.1 Å². The lowest BCUT2D eigenvalue weighted by Crippen LogP contribution is -2.31. The lowest BCUT2D eigenvalue weighted by Gasteiger charge is -2.24. The van der Waals surface area contributed by atoms with E-state index in [-0.39, 0.29) is 0 Å². The number of hydrogen-bond acceptors (Lipinski definition) is 3. The van der Waals surface area contributed by atoms with Gasteiger partial charge < -0.3 is 15.4 Å². The molecule has 1 atom stereocenters. The van der Waals surface area contributed by atoms with E-state index < -0.39 is 0 Å². The zero-order valence-electron chi connectivity index (χ0n) is 11.9. The number of aryl methyl sites for hydroxylation is 1. The van der Waals surface area contributed by atoms with Gasteiger partial charge in [0.15, 0.2) is 0 Å². The second-order valence-corrected chi connectivity index (χ2v) is 4.86. The Balaban J connectivity index is 2.34. The fraction of sp³-hybridized carbons (Fsp3) is 0.600. The molecule has 0 saturated carbocycles. The van der Waals surface area contributed by atoms with E-state index in [9.17, 15) is 0 Å². The standard InChI is InChI=1S/C15H26N2O/c1-13(17(2)12-4-11-16)5-6-14-7-9-15(18-3)10-8-14/h7-10,13H,4-6,11-12,16H2,1-3H3. The molecule has 1 unspecified atom stereocenters. The van der Waals surface area contributed by atoms with E-state index in [2.05, 4.69) is 31.0 Å². The smallest absolute Gasteiger partial charge is 0.118 e. The normalized spacial score (nSPS) is 12.7. The first-order valence-corrected chi connectivity index (χ1v) is 6.70. The zero-order valence-corrected chi connectivity index (χ0v) is 11.9. The van der Waals surface area contributed by atoms with E-state index >= 15 is 0 Å². The third-order valence-electron chi connectivity index (χ3n) is 3.48. The molecule has 0 aromatic heterocycles. The first-order chi connectivity index (χ1) is 8.67. The lowest BCUT2D eigenvalue weighted by atomic mass is 10.1. The Kier molecular flexibility index (Phi) is 6.76. The molecule has 1 rings (SSSR count). The van der Waals surface area contributed by atoms with Gasteiger partial charge in [-0.3, -0.25) is 0 Å². The van der Waals surface area contributed by atoms with E-state index in [4.69, 9.17) is 10.5 Å². The van der Waals surface area contributed by atoms with Gasteiger partial charge in [0, 0.05) is 6.04 Å². The fourth-order valence-electron chi connectivity index (χ4n) is 1.95. The van der Waals surface area contributed by atoms with Gasteiger partial charge in [0.05, 0.1) is 7.11 Å². The average Bonchev–Trinajstić information content (AvgIpc) is 2.42. The minimum absolute atomic E-state index is 0.596. The molecule has 0 aliphatic rings. The minimum Gasteiger partial charge on any atom is -0.497 e. The summed E-state index contributed by atoms with van der Waals surface area (Å²) in [6, 6.07) is 8.94. The lowest BCUT2D eigenvalue weighted by molar-refractivity contribution is 0.245. The van der Waals surface area contributed by atoms with Crippen LogP contribution in [0.5, 0.6) is 5.75 Å². The second kappa shape index (κ2) is 8.11. The molecule has 0 amide bonds. The highest BCUT2D eigenvalue weighted by molar-refractivity contribution is 5.27. The highest BCUT2D eigenvalue weighted by atomic mass is 16.5. The maximum absolute atomic E-state index is 5.53. The van der Waals surface area contributed by atoms with Crippen molar-refractivity contribution in [3.63, 3.8) is 0 Å². The topological polar surface area (TPSA) is 38.5 Å². The van der Waals surface area contributed by atoms with E-state index in [0.717, 1.165) is 31.7 Å². The molecule has 0 saturated heterocycles. The van der Waals surface area contributed by atoms with Crippen LogP contribution in [-0.2, 0) is 6.42 Å². The number of hydrogen-bond donors (Lipinski definition) is 1. The summed E-state index contributed by atoms with van der Waals surface area (Å²) in [6.07, 6.45) is 3.36. The van der Waals surface area contributed by atoms with Crippen molar-refractivity contribution in [2.45, 2.75) is 32.2 Å².